The zero-order chi connectivity index (χ0) is 24.1. The Hall–Kier alpha value is -4.01. The van der Waals surface area contributed by atoms with Crippen LogP contribution in [0.5, 0.6) is 0 Å². The molecule has 0 atom stereocenters. The maximum absolute atomic E-state index is 14.2. The number of aromatic nitrogens is 2. The molecular formula is C25H27FN6O2. The summed E-state index contributed by atoms with van der Waals surface area (Å²) in [6, 6.07) is 13.3. The van der Waals surface area contributed by atoms with E-state index in [2.05, 4.69) is 20.2 Å². The topological polar surface area (TPSA) is 81.7 Å². The molecule has 0 bridgehead atoms. The van der Waals surface area contributed by atoms with E-state index in [0.29, 0.717) is 43.5 Å². The lowest BCUT2D eigenvalue weighted by Crippen LogP contribution is -2.49. The summed E-state index contributed by atoms with van der Waals surface area (Å²) in [5, 5.41) is 2.77. The number of nitrogens with zero attached hydrogens (tertiary/aromatic N) is 5. The van der Waals surface area contributed by atoms with E-state index in [1.807, 2.05) is 17.0 Å². The van der Waals surface area contributed by atoms with Gasteiger partial charge in [0.2, 0.25) is 11.9 Å². The molecule has 3 aromatic rings. The van der Waals surface area contributed by atoms with Crippen molar-refractivity contribution < 1.29 is 14.0 Å². The van der Waals surface area contributed by atoms with E-state index >= 15 is 0 Å². The fraction of sp³-hybridized carbons (Fsp3) is 0.280. The molecular weight excluding hydrogens is 435 g/mol. The van der Waals surface area contributed by atoms with Crippen molar-refractivity contribution in [3.05, 3.63) is 77.9 Å². The molecule has 176 valence electrons. The molecule has 0 saturated carbocycles. The van der Waals surface area contributed by atoms with Crippen LogP contribution in [0.1, 0.15) is 15.9 Å². The molecule has 0 spiro atoms. The number of amides is 2. The summed E-state index contributed by atoms with van der Waals surface area (Å²) in [7, 11) is 3.48. The van der Waals surface area contributed by atoms with E-state index < -0.39 is 11.7 Å². The normalized spacial score (nSPS) is 13.5. The Morgan fingerprint density at radius 1 is 1.00 bits per heavy atom. The minimum atomic E-state index is -0.455. The molecule has 0 aliphatic carbocycles. The van der Waals surface area contributed by atoms with Crippen LogP contribution >= 0.6 is 0 Å². The summed E-state index contributed by atoms with van der Waals surface area (Å²) in [5.74, 6) is -0.109. The van der Waals surface area contributed by atoms with Crippen molar-refractivity contribution in [2.45, 2.75) is 6.42 Å². The van der Waals surface area contributed by atoms with Crippen LogP contribution in [0.4, 0.5) is 21.7 Å². The fourth-order valence-electron chi connectivity index (χ4n) is 3.82. The monoisotopic (exact) mass is 462 g/mol. The Morgan fingerprint density at radius 3 is 2.29 bits per heavy atom. The average molecular weight is 463 g/mol. The molecule has 1 aromatic heterocycles. The number of carbonyl (C=O) groups excluding carboxylic acids is 2. The van der Waals surface area contributed by atoms with Gasteiger partial charge in [0.25, 0.3) is 5.91 Å². The van der Waals surface area contributed by atoms with Gasteiger partial charge in [-0.05, 0) is 42.0 Å². The number of halogens is 1. The van der Waals surface area contributed by atoms with Crippen molar-refractivity contribution in [1.29, 1.82) is 0 Å². The number of rotatable bonds is 6. The van der Waals surface area contributed by atoms with Gasteiger partial charge in [-0.15, -0.1) is 0 Å². The van der Waals surface area contributed by atoms with Crippen LogP contribution in [0.2, 0.25) is 0 Å². The molecule has 2 aromatic carbocycles. The van der Waals surface area contributed by atoms with Gasteiger partial charge in [0.05, 0.1) is 12.1 Å². The van der Waals surface area contributed by atoms with Crippen LogP contribution in [-0.4, -0.2) is 67.0 Å². The number of nitrogens with one attached hydrogen (secondary N) is 1. The molecule has 0 unspecified atom stereocenters. The van der Waals surface area contributed by atoms with Gasteiger partial charge in [-0.1, -0.05) is 12.1 Å². The zero-order valence-corrected chi connectivity index (χ0v) is 19.2. The molecule has 1 N–H and O–H groups in total. The number of piperazine rings is 1. The van der Waals surface area contributed by atoms with Crippen LogP contribution in [-0.2, 0) is 11.2 Å². The maximum Gasteiger partial charge on any atom is 0.255 e. The molecule has 2 amide bonds. The Bertz CT molecular complexity index is 1150. The van der Waals surface area contributed by atoms with Gasteiger partial charge in [-0.3, -0.25) is 9.59 Å². The Morgan fingerprint density at radius 2 is 1.68 bits per heavy atom. The first kappa shape index (κ1) is 23.2. The van der Waals surface area contributed by atoms with E-state index in [1.165, 1.54) is 6.07 Å². The quantitative estimate of drug-likeness (QED) is 0.607. The second-order valence-electron chi connectivity index (χ2n) is 8.31. The largest absolute Gasteiger partial charge is 0.375 e. The SMILES string of the molecule is CN(C)c1ccc(C(=O)Nc2ccc(CC(=O)N3CCN(c4ncccn4)CC3)cc2)cc1F. The smallest absolute Gasteiger partial charge is 0.255 e. The first-order chi connectivity index (χ1) is 16.4. The lowest BCUT2D eigenvalue weighted by atomic mass is 10.1. The highest BCUT2D eigenvalue weighted by Gasteiger charge is 2.22. The van der Waals surface area contributed by atoms with E-state index in [-0.39, 0.29) is 17.9 Å². The molecule has 1 saturated heterocycles. The summed E-state index contributed by atoms with van der Waals surface area (Å²) < 4.78 is 14.2. The van der Waals surface area contributed by atoms with E-state index in [9.17, 15) is 14.0 Å². The molecule has 0 radical (unpaired) electrons. The van der Waals surface area contributed by atoms with Gasteiger partial charge in [0.15, 0.2) is 0 Å². The Labute approximate surface area is 198 Å². The van der Waals surface area contributed by atoms with Gasteiger partial charge in [0.1, 0.15) is 5.82 Å². The zero-order valence-electron chi connectivity index (χ0n) is 19.2. The van der Waals surface area contributed by atoms with E-state index in [0.717, 1.165) is 5.56 Å². The molecule has 34 heavy (non-hydrogen) atoms. The van der Waals surface area contributed by atoms with Crippen LogP contribution < -0.4 is 15.1 Å². The fourth-order valence-corrected chi connectivity index (χ4v) is 3.82. The van der Waals surface area contributed by atoms with Gasteiger partial charge in [-0.25, -0.2) is 14.4 Å². The van der Waals surface area contributed by atoms with Gasteiger partial charge >= 0.3 is 0 Å². The second kappa shape index (κ2) is 10.3. The highest BCUT2D eigenvalue weighted by molar-refractivity contribution is 6.04. The minimum Gasteiger partial charge on any atom is -0.375 e. The van der Waals surface area contributed by atoms with E-state index in [4.69, 9.17) is 0 Å². The number of benzene rings is 2. The molecule has 8 nitrogen and oxygen atoms in total. The van der Waals surface area contributed by atoms with Gasteiger partial charge in [0, 0.05) is 63.9 Å². The van der Waals surface area contributed by atoms with Crippen LogP contribution in [0, 0.1) is 5.82 Å². The second-order valence-corrected chi connectivity index (χ2v) is 8.31. The highest BCUT2D eigenvalue weighted by Crippen LogP contribution is 2.20. The van der Waals surface area contributed by atoms with Gasteiger partial charge < -0.3 is 20.0 Å². The van der Waals surface area contributed by atoms with Crippen molar-refractivity contribution in [3.8, 4) is 0 Å². The molecule has 1 aliphatic rings. The maximum atomic E-state index is 14.2. The first-order valence-electron chi connectivity index (χ1n) is 11.1. The highest BCUT2D eigenvalue weighted by atomic mass is 19.1. The average Bonchev–Trinajstić information content (AvgIpc) is 2.85. The van der Waals surface area contributed by atoms with Crippen molar-refractivity contribution >= 4 is 29.1 Å². The van der Waals surface area contributed by atoms with E-state index in [1.54, 1.807) is 61.7 Å². The molecule has 1 fully saturated rings. The predicted octanol–water partition coefficient (Wildman–Crippen LogP) is 2.83. The third-order valence-corrected chi connectivity index (χ3v) is 5.73. The van der Waals surface area contributed by atoms with Gasteiger partial charge in [-0.2, -0.15) is 0 Å². The summed E-state index contributed by atoms with van der Waals surface area (Å²) in [5.41, 5.74) is 2.09. The van der Waals surface area contributed by atoms with Crippen molar-refractivity contribution in [1.82, 2.24) is 14.9 Å². The minimum absolute atomic E-state index is 0.0573. The predicted molar refractivity (Wildman–Crippen MR) is 130 cm³/mol. The number of hydrogen-bond acceptors (Lipinski definition) is 6. The third-order valence-electron chi connectivity index (χ3n) is 5.73. The third kappa shape index (κ3) is 5.48. The van der Waals surface area contributed by atoms with Crippen LogP contribution in [0.25, 0.3) is 0 Å². The molecule has 4 rings (SSSR count). The number of hydrogen-bond donors (Lipinski definition) is 1. The lowest BCUT2D eigenvalue weighted by molar-refractivity contribution is -0.130. The summed E-state index contributed by atoms with van der Waals surface area (Å²) in [4.78, 5) is 39.3. The number of anilines is 3. The Balaban J connectivity index is 1.29. The van der Waals surface area contributed by atoms with Crippen LogP contribution in [0.15, 0.2) is 60.9 Å². The van der Waals surface area contributed by atoms with Crippen molar-refractivity contribution in [2.24, 2.45) is 0 Å². The summed E-state index contributed by atoms with van der Waals surface area (Å²) in [6.45, 7) is 2.62. The molecule has 9 heteroatoms. The lowest BCUT2D eigenvalue weighted by Gasteiger charge is -2.34. The summed E-state index contributed by atoms with van der Waals surface area (Å²) in [6.07, 6.45) is 3.71. The first-order valence-corrected chi connectivity index (χ1v) is 11.1. The Kier molecular flexibility index (Phi) is 7.01. The summed E-state index contributed by atoms with van der Waals surface area (Å²) >= 11 is 0. The molecule has 1 aliphatic heterocycles. The standard InChI is InChI=1S/C25H27FN6O2/c1-30(2)22-9-6-19(17-21(22)26)24(34)29-20-7-4-18(5-8-20)16-23(33)31-12-14-32(15-13-31)25-27-10-3-11-28-25/h3-11,17H,12-16H2,1-2H3,(H,29,34). The molecule has 2 heterocycles. The van der Waals surface area contributed by atoms with Crippen LogP contribution in [0.3, 0.4) is 0 Å². The van der Waals surface area contributed by atoms with Crippen molar-refractivity contribution in [3.63, 3.8) is 0 Å². The number of carbonyl (C=O) groups is 2. The van der Waals surface area contributed by atoms with Crippen molar-refractivity contribution in [2.75, 3.05) is 55.4 Å².